The van der Waals surface area contributed by atoms with Crippen molar-refractivity contribution in [1.82, 2.24) is 9.29 Å². The van der Waals surface area contributed by atoms with Crippen molar-refractivity contribution >= 4 is 32.4 Å². The maximum atomic E-state index is 14.1. The average molecular weight is 460 g/mol. The van der Waals surface area contributed by atoms with Crippen molar-refractivity contribution in [1.29, 1.82) is 0 Å². The van der Waals surface area contributed by atoms with E-state index in [1.807, 2.05) is 11.4 Å². The first kappa shape index (κ1) is 21.6. The zero-order valence-electron chi connectivity index (χ0n) is 17.2. The van der Waals surface area contributed by atoms with Gasteiger partial charge < -0.3 is 0 Å². The quantitative estimate of drug-likeness (QED) is 0.616. The Bertz CT molecular complexity index is 1250. The van der Waals surface area contributed by atoms with Gasteiger partial charge in [-0.3, -0.25) is 10.1 Å². The van der Waals surface area contributed by atoms with Crippen LogP contribution in [0.15, 0.2) is 46.7 Å². The standard InChI is InChI=1S/C22H22FN3O3S2/c1-26(2)31(28,29)20-12-17(9-10-18(20)23)21(27)25-22-24-19(13-30-22)16-8-7-14-5-3-4-6-15(14)11-16/h7-13H,3-6H2,1-2H3,(H,24,25,27). The molecule has 0 unspecified atom stereocenters. The molecule has 1 aliphatic rings. The molecule has 0 saturated carbocycles. The van der Waals surface area contributed by atoms with Crippen LogP contribution >= 0.6 is 11.3 Å². The summed E-state index contributed by atoms with van der Waals surface area (Å²) in [5.41, 5.74) is 4.54. The number of thiazole rings is 1. The molecule has 0 spiro atoms. The van der Waals surface area contributed by atoms with Gasteiger partial charge in [0.2, 0.25) is 10.0 Å². The van der Waals surface area contributed by atoms with Crippen molar-refractivity contribution in [2.45, 2.75) is 30.6 Å². The minimum atomic E-state index is -4.01. The van der Waals surface area contributed by atoms with Crippen molar-refractivity contribution in [2.75, 3.05) is 19.4 Å². The van der Waals surface area contributed by atoms with E-state index in [1.165, 1.54) is 55.5 Å². The second kappa shape index (κ2) is 8.49. The summed E-state index contributed by atoms with van der Waals surface area (Å²) in [6.07, 6.45) is 4.59. The maximum absolute atomic E-state index is 14.1. The first-order valence-corrected chi connectivity index (χ1v) is 12.2. The normalized spacial score (nSPS) is 13.8. The molecule has 1 N–H and O–H groups in total. The Morgan fingerprint density at radius 3 is 2.58 bits per heavy atom. The summed E-state index contributed by atoms with van der Waals surface area (Å²) in [7, 11) is -1.40. The molecule has 31 heavy (non-hydrogen) atoms. The molecule has 1 aliphatic carbocycles. The Morgan fingerprint density at radius 2 is 1.84 bits per heavy atom. The molecule has 1 aromatic heterocycles. The number of aryl methyl sites for hydroxylation is 2. The Balaban J connectivity index is 1.55. The minimum Gasteiger partial charge on any atom is -0.298 e. The molecule has 0 radical (unpaired) electrons. The lowest BCUT2D eigenvalue weighted by atomic mass is 9.90. The summed E-state index contributed by atoms with van der Waals surface area (Å²) in [4.78, 5) is 16.6. The van der Waals surface area contributed by atoms with Gasteiger partial charge in [-0.25, -0.2) is 22.1 Å². The van der Waals surface area contributed by atoms with Crippen LogP contribution < -0.4 is 5.32 Å². The molecule has 2 aromatic carbocycles. The second-order valence-corrected chi connectivity index (χ2v) is 10.6. The van der Waals surface area contributed by atoms with E-state index in [-0.39, 0.29) is 5.56 Å². The van der Waals surface area contributed by atoms with Crippen LogP contribution in [0, 0.1) is 5.82 Å². The van der Waals surface area contributed by atoms with E-state index in [0.29, 0.717) is 5.13 Å². The summed E-state index contributed by atoms with van der Waals surface area (Å²) < 4.78 is 39.6. The molecule has 0 bridgehead atoms. The van der Waals surface area contributed by atoms with Gasteiger partial charge in [0.25, 0.3) is 5.91 Å². The van der Waals surface area contributed by atoms with Gasteiger partial charge in [0.05, 0.1) is 5.69 Å². The summed E-state index contributed by atoms with van der Waals surface area (Å²) >= 11 is 1.28. The van der Waals surface area contributed by atoms with Crippen LogP contribution in [0.5, 0.6) is 0 Å². The van der Waals surface area contributed by atoms with Crippen LogP contribution in [0.1, 0.15) is 34.3 Å². The fourth-order valence-corrected chi connectivity index (χ4v) is 5.26. The lowest BCUT2D eigenvalue weighted by Gasteiger charge is -2.16. The molecule has 0 fully saturated rings. The monoisotopic (exact) mass is 459 g/mol. The van der Waals surface area contributed by atoms with Gasteiger partial charge in [0.1, 0.15) is 10.7 Å². The minimum absolute atomic E-state index is 0.0346. The van der Waals surface area contributed by atoms with Crippen LogP contribution in [-0.4, -0.2) is 37.7 Å². The first-order valence-electron chi connectivity index (χ1n) is 9.87. The Morgan fingerprint density at radius 1 is 1.10 bits per heavy atom. The van der Waals surface area contributed by atoms with Gasteiger partial charge in [0, 0.05) is 30.6 Å². The number of rotatable bonds is 5. The highest BCUT2D eigenvalue weighted by molar-refractivity contribution is 7.89. The zero-order valence-corrected chi connectivity index (χ0v) is 18.8. The highest BCUT2D eigenvalue weighted by Gasteiger charge is 2.23. The third-order valence-electron chi connectivity index (χ3n) is 5.32. The van der Waals surface area contributed by atoms with E-state index < -0.39 is 26.6 Å². The number of hydrogen-bond acceptors (Lipinski definition) is 5. The number of amides is 1. The zero-order chi connectivity index (χ0) is 22.2. The number of sulfonamides is 1. The summed E-state index contributed by atoms with van der Waals surface area (Å²) in [5, 5.41) is 4.93. The Hall–Kier alpha value is -2.62. The fraction of sp³-hybridized carbons (Fsp3) is 0.273. The number of carbonyl (C=O) groups excluding carboxylic acids is 1. The van der Waals surface area contributed by atoms with Crippen LogP contribution in [0.25, 0.3) is 11.3 Å². The third kappa shape index (κ3) is 4.39. The van der Waals surface area contributed by atoms with Crippen LogP contribution in [0.3, 0.4) is 0 Å². The number of hydrogen-bond donors (Lipinski definition) is 1. The van der Waals surface area contributed by atoms with E-state index >= 15 is 0 Å². The number of halogens is 1. The molecule has 1 heterocycles. The van der Waals surface area contributed by atoms with Gasteiger partial charge in [0.15, 0.2) is 5.13 Å². The topological polar surface area (TPSA) is 79.4 Å². The van der Waals surface area contributed by atoms with Crippen molar-refractivity contribution < 1.29 is 17.6 Å². The predicted octanol–water partition coefficient (Wildman–Crippen LogP) is 4.33. The number of benzene rings is 2. The van der Waals surface area contributed by atoms with Gasteiger partial charge >= 0.3 is 0 Å². The van der Waals surface area contributed by atoms with Gasteiger partial charge in [-0.05, 0) is 61.1 Å². The van der Waals surface area contributed by atoms with Crippen molar-refractivity contribution in [3.63, 3.8) is 0 Å². The lowest BCUT2D eigenvalue weighted by molar-refractivity contribution is 0.102. The largest absolute Gasteiger partial charge is 0.298 e. The molecule has 6 nitrogen and oxygen atoms in total. The average Bonchev–Trinajstić information content (AvgIpc) is 3.21. The lowest BCUT2D eigenvalue weighted by Crippen LogP contribution is -2.24. The Kier molecular flexibility index (Phi) is 5.92. The number of fused-ring (bicyclic) bond motifs is 1. The molecule has 0 atom stereocenters. The third-order valence-corrected chi connectivity index (χ3v) is 7.91. The number of anilines is 1. The summed E-state index contributed by atoms with van der Waals surface area (Å²) in [6, 6.07) is 9.62. The number of aromatic nitrogens is 1. The van der Waals surface area contributed by atoms with E-state index in [2.05, 4.69) is 22.4 Å². The molecule has 9 heteroatoms. The molecular weight excluding hydrogens is 437 g/mol. The van der Waals surface area contributed by atoms with E-state index in [1.54, 1.807) is 0 Å². The highest BCUT2D eigenvalue weighted by atomic mass is 32.2. The van der Waals surface area contributed by atoms with Crippen LogP contribution in [0.4, 0.5) is 9.52 Å². The van der Waals surface area contributed by atoms with Crippen molar-refractivity contribution in [2.24, 2.45) is 0 Å². The SMILES string of the molecule is CN(C)S(=O)(=O)c1cc(C(=O)Nc2nc(-c3ccc4c(c3)CCCC4)cs2)ccc1F. The smallest absolute Gasteiger partial charge is 0.257 e. The van der Waals surface area contributed by atoms with E-state index in [9.17, 15) is 17.6 Å². The van der Waals surface area contributed by atoms with E-state index in [4.69, 9.17) is 0 Å². The molecule has 1 amide bonds. The summed E-state index contributed by atoms with van der Waals surface area (Å²) in [5.74, 6) is -1.46. The molecule has 0 aliphatic heterocycles. The fourth-order valence-electron chi connectivity index (χ4n) is 3.56. The van der Waals surface area contributed by atoms with Gasteiger partial charge in [-0.1, -0.05) is 12.1 Å². The number of carbonyl (C=O) groups is 1. The molecule has 0 saturated heterocycles. The van der Waals surface area contributed by atoms with Crippen LogP contribution in [-0.2, 0) is 22.9 Å². The van der Waals surface area contributed by atoms with Crippen LogP contribution in [0.2, 0.25) is 0 Å². The molecule has 3 aromatic rings. The molecule has 162 valence electrons. The molecule has 4 rings (SSSR count). The number of nitrogens with zero attached hydrogens (tertiary/aromatic N) is 2. The predicted molar refractivity (Wildman–Crippen MR) is 119 cm³/mol. The number of nitrogens with one attached hydrogen (secondary N) is 1. The van der Waals surface area contributed by atoms with Crippen molar-refractivity contribution in [3.8, 4) is 11.3 Å². The maximum Gasteiger partial charge on any atom is 0.257 e. The Labute approximate surface area is 184 Å². The first-order chi connectivity index (χ1) is 14.8. The van der Waals surface area contributed by atoms with Crippen molar-refractivity contribution in [3.05, 3.63) is 64.3 Å². The van der Waals surface area contributed by atoms with Gasteiger partial charge in [-0.15, -0.1) is 11.3 Å². The summed E-state index contributed by atoms with van der Waals surface area (Å²) in [6.45, 7) is 0. The van der Waals surface area contributed by atoms with Gasteiger partial charge in [-0.2, -0.15) is 0 Å². The molecular formula is C22H22FN3O3S2. The highest BCUT2D eigenvalue weighted by Crippen LogP contribution is 2.30. The van der Waals surface area contributed by atoms with E-state index in [0.717, 1.165) is 40.5 Å². The second-order valence-electron chi connectivity index (χ2n) is 7.62.